The van der Waals surface area contributed by atoms with E-state index in [0.717, 1.165) is 19.6 Å². The van der Waals surface area contributed by atoms with E-state index in [4.69, 9.17) is 4.74 Å². The molecule has 1 heterocycles. The maximum atomic E-state index is 11.6. The molecule has 4 heteroatoms. The smallest absolute Gasteiger partial charge is 0.315 e. The zero-order valence-electron chi connectivity index (χ0n) is 9.84. The molecule has 1 saturated heterocycles. The van der Waals surface area contributed by atoms with E-state index in [-0.39, 0.29) is 12.1 Å². The highest BCUT2D eigenvalue weighted by atomic mass is 16.5. The average molecular weight is 226 g/mol. The third kappa shape index (κ3) is 3.67. The van der Waals surface area contributed by atoms with Crippen LogP contribution in [-0.2, 0) is 4.74 Å². The van der Waals surface area contributed by atoms with Gasteiger partial charge >= 0.3 is 6.03 Å². The Hall–Kier alpha value is -0.770. The lowest BCUT2D eigenvalue weighted by atomic mass is 9.89. The fraction of sp³-hybridized carbons (Fsp3) is 0.917. The van der Waals surface area contributed by atoms with E-state index < -0.39 is 0 Å². The highest BCUT2D eigenvalue weighted by Gasteiger charge is 2.18. The molecule has 4 nitrogen and oxygen atoms in total. The van der Waals surface area contributed by atoms with Crippen molar-refractivity contribution >= 4 is 6.03 Å². The van der Waals surface area contributed by atoms with Crippen LogP contribution in [0.2, 0.25) is 0 Å². The van der Waals surface area contributed by atoms with E-state index in [1.165, 1.54) is 32.1 Å². The van der Waals surface area contributed by atoms with Crippen molar-refractivity contribution in [2.24, 2.45) is 5.92 Å². The molecule has 1 saturated carbocycles. The summed E-state index contributed by atoms with van der Waals surface area (Å²) in [6, 6.07) is 0.187. The van der Waals surface area contributed by atoms with Gasteiger partial charge in [-0.1, -0.05) is 19.3 Å². The van der Waals surface area contributed by atoms with Crippen molar-refractivity contribution in [3.63, 3.8) is 0 Å². The minimum Gasteiger partial charge on any atom is -0.379 e. The zero-order valence-corrected chi connectivity index (χ0v) is 9.84. The van der Waals surface area contributed by atoms with Crippen molar-refractivity contribution in [2.45, 2.75) is 44.6 Å². The largest absolute Gasteiger partial charge is 0.379 e. The quantitative estimate of drug-likeness (QED) is 0.769. The molecule has 16 heavy (non-hydrogen) atoms. The van der Waals surface area contributed by atoms with Crippen molar-refractivity contribution in [3.05, 3.63) is 0 Å². The van der Waals surface area contributed by atoms with Gasteiger partial charge in [-0.05, 0) is 25.2 Å². The molecule has 2 rings (SSSR count). The second-order valence-corrected chi connectivity index (χ2v) is 4.92. The maximum Gasteiger partial charge on any atom is 0.315 e. The first kappa shape index (κ1) is 11.7. The summed E-state index contributed by atoms with van der Waals surface area (Å²) in [4.78, 5) is 11.6. The molecule has 0 aromatic carbocycles. The molecule has 1 aliphatic carbocycles. The standard InChI is InChI=1S/C12H22N2O2/c15-12(14-11-6-7-16-9-11)13-8-10-4-2-1-3-5-10/h10-11H,1-9H2,(H2,13,14,15). The van der Waals surface area contributed by atoms with Crippen LogP contribution in [0.4, 0.5) is 4.79 Å². The number of ether oxygens (including phenoxy) is 1. The second-order valence-electron chi connectivity index (χ2n) is 4.92. The van der Waals surface area contributed by atoms with Gasteiger partial charge in [0.1, 0.15) is 0 Å². The van der Waals surface area contributed by atoms with Gasteiger partial charge in [0.05, 0.1) is 12.6 Å². The van der Waals surface area contributed by atoms with E-state index >= 15 is 0 Å². The number of hydrogen-bond acceptors (Lipinski definition) is 2. The lowest BCUT2D eigenvalue weighted by Gasteiger charge is -2.22. The summed E-state index contributed by atoms with van der Waals surface area (Å²) in [5.41, 5.74) is 0. The van der Waals surface area contributed by atoms with Crippen LogP contribution >= 0.6 is 0 Å². The predicted octanol–water partition coefficient (Wildman–Crippen LogP) is 1.65. The van der Waals surface area contributed by atoms with Crippen molar-refractivity contribution in [3.8, 4) is 0 Å². The Kier molecular flexibility index (Phi) is 4.45. The average Bonchev–Trinajstić information content (AvgIpc) is 2.81. The Morgan fingerprint density at radius 1 is 1.19 bits per heavy atom. The van der Waals surface area contributed by atoms with E-state index in [1.807, 2.05) is 0 Å². The van der Waals surface area contributed by atoms with Crippen molar-refractivity contribution in [2.75, 3.05) is 19.8 Å². The molecule has 2 amide bonds. The molecule has 2 aliphatic rings. The molecule has 0 radical (unpaired) electrons. The topological polar surface area (TPSA) is 50.4 Å². The number of carbonyl (C=O) groups excluding carboxylic acids is 1. The van der Waals surface area contributed by atoms with Gasteiger partial charge in [-0.25, -0.2) is 4.79 Å². The molecule has 1 atom stereocenters. The molecule has 2 fully saturated rings. The van der Waals surface area contributed by atoms with Gasteiger partial charge in [-0.2, -0.15) is 0 Å². The summed E-state index contributed by atoms with van der Waals surface area (Å²) in [5, 5.41) is 5.92. The Morgan fingerprint density at radius 3 is 2.69 bits per heavy atom. The Bertz CT molecular complexity index is 221. The fourth-order valence-electron chi connectivity index (χ4n) is 2.51. The molecular formula is C12H22N2O2. The number of amides is 2. The van der Waals surface area contributed by atoms with Crippen LogP contribution < -0.4 is 10.6 Å². The number of nitrogens with one attached hydrogen (secondary N) is 2. The van der Waals surface area contributed by atoms with Crippen molar-refractivity contribution in [1.29, 1.82) is 0 Å². The maximum absolute atomic E-state index is 11.6. The first-order valence-corrected chi connectivity index (χ1v) is 6.46. The molecule has 0 aromatic heterocycles. The summed E-state index contributed by atoms with van der Waals surface area (Å²) >= 11 is 0. The van der Waals surface area contributed by atoms with Crippen LogP contribution in [0.15, 0.2) is 0 Å². The Labute approximate surface area is 97.1 Å². The van der Waals surface area contributed by atoms with Gasteiger partial charge in [-0.3, -0.25) is 0 Å². The number of rotatable bonds is 3. The highest BCUT2D eigenvalue weighted by Crippen LogP contribution is 2.22. The molecule has 0 spiro atoms. The minimum atomic E-state index is -0.0268. The summed E-state index contributed by atoms with van der Waals surface area (Å²) in [5.74, 6) is 0.694. The number of carbonyl (C=O) groups is 1. The van der Waals surface area contributed by atoms with Crippen molar-refractivity contribution < 1.29 is 9.53 Å². The van der Waals surface area contributed by atoms with Crippen LogP contribution in [0, 0.1) is 5.92 Å². The minimum absolute atomic E-state index is 0.0268. The van der Waals surface area contributed by atoms with Crippen LogP contribution in [0.25, 0.3) is 0 Å². The number of urea groups is 1. The number of hydrogen-bond donors (Lipinski definition) is 2. The van der Waals surface area contributed by atoms with E-state index in [9.17, 15) is 4.79 Å². The highest BCUT2D eigenvalue weighted by molar-refractivity contribution is 5.74. The first-order valence-electron chi connectivity index (χ1n) is 6.46. The summed E-state index contributed by atoms with van der Waals surface area (Å²) < 4.78 is 5.21. The summed E-state index contributed by atoms with van der Waals surface area (Å²) in [7, 11) is 0. The molecular weight excluding hydrogens is 204 g/mol. The van der Waals surface area contributed by atoms with Crippen LogP contribution in [0.1, 0.15) is 38.5 Å². The lowest BCUT2D eigenvalue weighted by molar-refractivity contribution is 0.188. The molecule has 0 aromatic rings. The zero-order chi connectivity index (χ0) is 11.2. The third-order valence-electron chi connectivity index (χ3n) is 3.54. The summed E-state index contributed by atoms with van der Waals surface area (Å²) in [6.07, 6.45) is 7.49. The molecule has 1 unspecified atom stereocenters. The van der Waals surface area contributed by atoms with Crippen LogP contribution in [-0.4, -0.2) is 31.8 Å². The van der Waals surface area contributed by atoms with Gasteiger partial charge in [0.15, 0.2) is 0 Å². The Morgan fingerprint density at radius 2 is 2.00 bits per heavy atom. The lowest BCUT2D eigenvalue weighted by Crippen LogP contribution is -2.44. The predicted molar refractivity (Wildman–Crippen MR) is 62.3 cm³/mol. The Balaban J connectivity index is 1.59. The van der Waals surface area contributed by atoms with Crippen molar-refractivity contribution in [1.82, 2.24) is 10.6 Å². The summed E-state index contributed by atoms with van der Waals surface area (Å²) in [6.45, 7) is 2.27. The van der Waals surface area contributed by atoms with Gasteiger partial charge in [0.25, 0.3) is 0 Å². The fourth-order valence-corrected chi connectivity index (χ4v) is 2.51. The molecule has 1 aliphatic heterocycles. The monoisotopic (exact) mass is 226 g/mol. The molecule has 2 N–H and O–H groups in total. The van der Waals surface area contributed by atoms with E-state index in [0.29, 0.717) is 12.5 Å². The SMILES string of the molecule is O=C(NCC1CCCCC1)NC1CCOC1. The first-order chi connectivity index (χ1) is 7.84. The van der Waals surface area contributed by atoms with E-state index in [2.05, 4.69) is 10.6 Å². The van der Waals surface area contributed by atoms with E-state index in [1.54, 1.807) is 0 Å². The van der Waals surface area contributed by atoms with Gasteiger partial charge in [0, 0.05) is 13.2 Å². The van der Waals surface area contributed by atoms with Crippen LogP contribution in [0.3, 0.4) is 0 Å². The van der Waals surface area contributed by atoms with Gasteiger partial charge < -0.3 is 15.4 Å². The molecule has 92 valence electrons. The normalized spacial score (nSPS) is 26.6. The second kappa shape index (κ2) is 6.09. The van der Waals surface area contributed by atoms with Gasteiger partial charge in [-0.15, -0.1) is 0 Å². The van der Waals surface area contributed by atoms with Crippen LogP contribution in [0.5, 0.6) is 0 Å². The third-order valence-corrected chi connectivity index (χ3v) is 3.54. The molecule has 0 bridgehead atoms. The van der Waals surface area contributed by atoms with Gasteiger partial charge in [0.2, 0.25) is 0 Å².